The quantitative estimate of drug-likeness (QED) is 0.904. The second kappa shape index (κ2) is 5.83. The van der Waals surface area contributed by atoms with Crippen LogP contribution < -0.4 is 5.32 Å². The first-order valence-electron chi connectivity index (χ1n) is 6.30. The molecule has 0 saturated heterocycles. The highest BCUT2D eigenvalue weighted by Gasteiger charge is 2.22. The SMILES string of the molecule is CC1CCC(CNC(=O)c2cccc(F)c2Br)C1. The van der Waals surface area contributed by atoms with Crippen LogP contribution in [0.15, 0.2) is 22.7 Å². The van der Waals surface area contributed by atoms with E-state index in [2.05, 4.69) is 28.2 Å². The first-order chi connectivity index (χ1) is 8.58. The van der Waals surface area contributed by atoms with Crippen LogP contribution in [0.5, 0.6) is 0 Å². The highest BCUT2D eigenvalue weighted by atomic mass is 79.9. The minimum absolute atomic E-state index is 0.207. The molecule has 1 aliphatic carbocycles. The predicted octanol–water partition coefficient (Wildman–Crippen LogP) is 3.75. The zero-order chi connectivity index (χ0) is 13.1. The fourth-order valence-corrected chi connectivity index (χ4v) is 2.97. The minimum atomic E-state index is -0.405. The first-order valence-corrected chi connectivity index (χ1v) is 7.09. The Labute approximate surface area is 115 Å². The molecule has 1 amide bonds. The smallest absolute Gasteiger partial charge is 0.252 e. The fourth-order valence-electron chi connectivity index (χ4n) is 2.52. The Morgan fingerprint density at radius 1 is 1.50 bits per heavy atom. The number of carbonyl (C=O) groups is 1. The molecule has 1 aromatic rings. The van der Waals surface area contributed by atoms with E-state index < -0.39 is 5.82 Å². The number of nitrogens with one attached hydrogen (secondary N) is 1. The number of halogens is 2. The van der Waals surface area contributed by atoms with Gasteiger partial charge in [-0.15, -0.1) is 0 Å². The van der Waals surface area contributed by atoms with Crippen LogP contribution in [-0.4, -0.2) is 12.5 Å². The predicted molar refractivity (Wildman–Crippen MR) is 72.9 cm³/mol. The average Bonchev–Trinajstić information content (AvgIpc) is 2.76. The van der Waals surface area contributed by atoms with Gasteiger partial charge < -0.3 is 5.32 Å². The number of carbonyl (C=O) groups excluding carboxylic acids is 1. The summed E-state index contributed by atoms with van der Waals surface area (Å²) < 4.78 is 13.5. The molecule has 1 N–H and O–H groups in total. The van der Waals surface area contributed by atoms with Crippen LogP contribution in [0.25, 0.3) is 0 Å². The molecule has 0 radical (unpaired) electrons. The lowest BCUT2D eigenvalue weighted by molar-refractivity contribution is 0.0946. The van der Waals surface area contributed by atoms with E-state index in [9.17, 15) is 9.18 Å². The average molecular weight is 314 g/mol. The maximum Gasteiger partial charge on any atom is 0.252 e. The molecule has 2 nitrogen and oxygen atoms in total. The first kappa shape index (κ1) is 13.5. The third-order valence-electron chi connectivity index (χ3n) is 3.55. The molecular formula is C14H17BrFNO. The number of benzene rings is 1. The third kappa shape index (κ3) is 3.10. The summed E-state index contributed by atoms with van der Waals surface area (Å²) in [5, 5.41) is 2.89. The van der Waals surface area contributed by atoms with Gasteiger partial charge in [0, 0.05) is 6.54 Å². The van der Waals surface area contributed by atoms with E-state index in [1.165, 1.54) is 25.3 Å². The molecular weight excluding hydrogens is 297 g/mol. The molecule has 1 aromatic carbocycles. The summed E-state index contributed by atoms with van der Waals surface area (Å²) in [6, 6.07) is 4.51. The Kier molecular flexibility index (Phi) is 4.38. The third-order valence-corrected chi connectivity index (χ3v) is 4.36. The number of amides is 1. The van der Waals surface area contributed by atoms with E-state index in [4.69, 9.17) is 0 Å². The second-order valence-corrected chi connectivity index (χ2v) is 5.89. The van der Waals surface area contributed by atoms with Gasteiger partial charge in [0.15, 0.2) is 0 Å². The molecule has 0 bridgehead atoms. The lowest BCUT2D eigenvalue weighted by Gasteiger charge is -2.12. The highest BCUT2D eigenvalue weighted by Crippen LogP contribution is 2.29. The molecule has 98 valence electrons. The Balaban J connectivity index is 1.94. The molecule has 18 heavy (non-hydrogen) atoms. The zero-order valence-electron chi connectivity index (χ0n) is 10.4. The standard InChI is InChI=1S/C14H17BrFNO/c1-9-5-6-10(7-9)8-17-14(18)11-3-2-4-12(16)13(11)15/h2-4,9-10H,5-8H2,1H3,(H,17,18). The highest BCUT2D eigenvalue weighted by molar-refractivity contribution is 9.10. The largest absolute Gasteiger partial charge is 0.352 e. The van der Waals surface area contributed by atoms with Crippen molar-refractivity contribution in [2.45, 2.75) is 26.2 Å². The van der Waals surface area contributed by atoms with Gasteiger partial charge in [0.1, 0.15) is 5.82 Å². The molecule has 2 rings (SSSR count). The molecule has 2 unspecified atom stereocenters. The van der Waals surface area contributed by atoms with E-state index in [0.29, 0.717) is 18.0 Å². The monoisotopic (exact) mass is 313 g/mol. The van der Waals surface area contributed by atoms with Gasteiger partial charge in [-0.05, 0) is 52.7 Å². The van der Waals surface area contributed by atoms with Crippen molar-refractivity contribution in [3.05, 3.63) is 34.1 Å². The molecule has 1 saturated carbocycles. The summed E-state index contributed by atoms with van der Waals surface area (Å²) >= 11 is 3.11. The maximum absolute atomic E-state index is 13.3. The topological polar surface area (TPSA) is 29.1 Å². The van der Waals surface area contributed by atoms with E-state index in [0.717, 1.165) is 5.92 Å². The van der Waals surface area contributed by atoms with Gasteiger partial charge >= 0.3 is 0 Å². The van der Waals surface area contributed by atoms with Crippen LogP contribution >= 0.6 is 15.9 Å². The molecule has 4 heteroatoms. The van der Waals surface area contributed by atoms with Crippen molar-refractivity contribution in [2.75, 3.05) is 6.54 Å². The van der Waals surface area contributed by atoms with Crippen LogP contribution in [-0.2, 0) is 0 Å². The summed E-state index contributed by atoms with van der Waals surface area (Å²) in [6.07, 6.45) is 3.58. The molecule has 0 spiro atoms. The number of hydrogen-bond donors (Lipinski definition) is 1. The van der Waals surface area contributed by atoms with E-state index in [-0.39, 0.29) is 10.4 Å². The van der Waals surface area contributed by atoms with E-state index >= 15 is 0 Å². The lowest BCUT2D eigenvalue weighted by atomic mass is 10.1. The van der Waals surface area contributed by atoms with Crippen molar-refractivity contribution in [3.8, 4) is 0 Å². The van der Waals surface area contributed by atoms with Crippen molar-refractivity contribution in [3.63, 3.8) is 0 Å². The van der Waals surface area contributed by atoms with Crippen LogP contribution in [0.4, 0.5) is 4.39 Å². The number of rotatable bonds is 3. The van der Waals surface area contributed by atoms with Gasteiger partial charge in [-0.25, -0.2) is 4.39 Å². The van der Waals surface area contributed by atoms with Crippen LogP contribution in [0.2, 0.25) is 0 Å². The molecule has 1 aliphatic rings. The van der Waals surface area contributed by atoms with E-state index in [1.807, 2.05) is 0 Å². The van der Waals surface area contributed by atoms with Crippen LogP contribution in [0.1, 0.15) is 36.5 Å². The van der Waals surface area contributed by atoms with Gasteiger partial charge in [-0.3, -0.25) is 4.79 Å². The summed E-state index contributed by atoms with van der Waals surface area (Å²) in [7, 11) is 0. The molecule has 0 aromatic heterocycles. The normalized spacial score (nSPS) is 23.1. The van der Waals surface area contributed by atoms with Gasteiger partial charge in [-0.1, -0.05) is 19.4 Å². The van der Waals surface area contributed by atoms with Crippen LogP contribution in [0, 0.1) is 17.7 Å². The van der Waals surface area contributed by atoms with Gasteiger partial charge in [0.05, 0.1) is 10.0 Å². The van der Waals surface area contributed by atoms with Gasteiger partial charge in [0.25, 0.3) is 5.91 Å². The molecule has 2 atom stereocenters. The van der Waals surface area contributed by atoms with Crippen molar-refractivity contribution in [1.82, 2.24) is 5.32 Å². The fraction of sp³-hybridized carbons (Fsp3) is 0.500. The molecule has 1 fully saturated rings. The molecule has 0 heterocycles. The summed E-state index contributed by atoms with van der Waals surface area (Å²) in [6.45, 7) is 2.93. The van der Waals surface area contributed by atoms with Crippen molar-refractivity contribution in [2.24, 2.45) is 11.8 Å². The Morgan fingerprint density at radius 3 is 2.94 bits per heavy atom. The zero-order valence-corrected chi connectivity index (χ0v) is 12.0. The van der Waals surface area contributed by atoms with Gasteiger partial charge in [-0.2, -0.15) is 0 Å². The number of hydrogen-bond acceptors (Lipinski definition) is 1. The summed E-state index contributed by atoms with van der Waals surface area (Å²) in [5.41, 5.74) is 0.362. The van der Waals surface area contributed by atoms with Crippen molar-refractivity contribution < 1.29 is 9.18 Å². The van der Waals surface area contributed by atoms with Crippen LogP contribution in [0.3, 0.4) is 0 Å². The Bertz CT molecular complexity index is 449. The van der Waals surface area contributed by atoms with Crippen molar-refractivity contribution >= 4 is 21.8 Å². The maximum atomic E-state index is 13.3. The van der Waals surface area contributed by atoms with Crippen molar-refractivity contribution in [1.29, 1.82) is 0 Å². The summed E-state index contributed by atoms with van der Waals surface area (Å²) in [5.74, 6) is 0.710. The van der Waals surface area contributed by atoms with E-state index in [1.54, 1.807) is 12.1 Å². The Morgan fingerprint density at radius 2 is 2.28 bits per heavy atom. The van der Waals surface area contributed by atoms with Gasteiger partial charge in [0.2, 0.25) is 0 Å². The Hall–Kier alpha value is -0.900. The lowest BCUT2D eigenvalue weighted by Crippen LogP contribution is -2.28. The minimum Gasteiger partial charge on any atom is -0.352 e. The molecule has 0 aliphatic heterocycles. The second-order valence-electron chi connectivity index (χ2n) is 5.10. The summed E-state index contributed by atoms with van der Waals surface area (Å²) in [4.78, 5) is 11.9.